The summed E-state index contributed by atoms with van der Waals surface area (Å²) in [6, 6.07) is 21.1. The second kappa shape index (κ2) is 8.67. The zero-order valence-corrected chi connectivity index (χ0v) is 13.5. The molecule has 0 unspecified atom stereocenters. The van der Waals surface area contributed by atoms with Gasteiger partial charge in [-0.05, 0) is 43.6 Å². The first-order valence-corrected chi connectivity index (χ1v) is 8.29. The Balaban J connectivity index is 0.000000225. The molecule has 0 amide bonds. The highest BCUT2D eigenvalue weighted by Crippen LogP contribution is 2.30. The molecule has 0 aliphatic heterocycles. The molecule has 0 N–H and O–H groups in total. The van der Waals surface area contributed by atoms with Gasteiger partial charge in [-0.1, -0.05) is 86.0 Å². The molecular weight excluding hydrogens is 252 g/mol. The van der Waals surface area contributed by atoms with Crippen LogP contribution in [0.5, 0.6) is 0 Å². The lowest BCUT2D eigenvalue weighted by molar-refractivity contribution is 0.289. The average Bonchev–Trinajstić information content (AvgIpc) is 2.54. The minimum Gasteiger partial charge on any atom is -0.0625 e. The van der Waals surface area contributed by atoms with Crippen LogP contribution in [-0.4, -0.2) is 0 Å². The van der Waals surface area contributed by atoms with Crippen LogP contribution in [0.2, 0.25) is 0 Å². The zero-order valence-electron chi connectivity index (χ0n) is 13.5. The van der Waals surface area contributed by atoms with E-state index in [1.54, 1.807) is 0 Å². The number of hydrogen-bond acceptors (Lipinski definition) is 0. The van der Waals surface area contributed by atoms with E-state index in [4.69, 9.17) is 0 Å². The minimum absolute atomic E-state index is 0.948. The molecule has 0 heterocycles. The Morgan fingerprint density at radius 1 is 0.762 bits per heavy atom. The van der Waals surface area contributed by atoms with Crippen LogP contribution in [0.4, 0.5) is 0 Å². The lowest BCUT2D eigenvalue weighted by Gasteiger charge is -2.26. The van der Waals surface area contributed by atoms with E-state index in [-0.39, 0.29) is 0 Å². The van der Waals surface area contributed by atoms with Crippen molar-refractivity contribution in [3.63, 3.8) is 0 Å². The van der Waals surface area contributed by atoms with E-state index in [2.05, 4.69) is 38.1 Å². The Morgan fingerprint density at radius 2 is 1.24 bits per heavy atom. The average molecular weight is 280 g/mol. The maximum atomic E-state index is 2.39. The molecule has 0 nitrogen and oxygen atoms in total. The number of benzene rings is 2. The zero-order chi connectivity index (χ0) is 14.9. The molecule has 0 saturated heterocycles. The van der Waals surface area contributed by atoms with Crippen molar-refractivity contribution in [1.82, 2.24) is 0 Å². The third-order valence-corrected chi connectivity index (χ3v) is 4.45. The highest BCUT2D eigenvalue weighted by atomic mass is 14.2. The second-order valence-electron chi connectivity index (χ2n) is 6.47. The first kappa shape index (κ1) is 15.8. The van der Waals surface area contributed by atoms with Gasteiger partial charge in [-0.25, -0.2) is 0 Å². The fraction of sp³-hybridized carbons (Fsp3) is 0.429. The van der Waals surface area contributed by atoms with Crippen molar-refractivity contribution in [2.45, 2.75) is 46.0 Å². The first-order valence-electron chi connectivity index (χ1n) is 8.29. The molecular formula is C21H28. The maximum absolute atomic E-state index is 2.39. The van der Waals surface area contributed by atoms with Crippen LogP contribution in [0.3, 0.4) is 0 Å². The lowest BCUT2D eigenvalue weighted by Crippen LogP contribution is -2.14. The number of hydrogen-bond donors (Lipinski definition) is 0. The highest BCUT2D eigenvalue weighted by Gasteiger charge is 2.18. The van der Waals surface area contributed by atoms with Crippen molar-refractivity contribution in [3.8, 4) is 0 Å². The van der Waals surface area contributed by atoms with Crippen LogP contribution in [-0.2, 0) is 6.42 Å². The van der Waals surface area contributed by atoms with Crippen LogP contribution in [0.1, 0.15) is 43.7 Å². The van der Waals surface area contributed by atoms with Gasteiger partial charge < -0.3 is 0 Å². The summed E-state index contributed by atoms with van der Waals surface area (Å²) < 4.78 is 0. The third-order valence-electron chi connectivity index (χ3n) is 4.45. The van der Waals surface area contributed by atoms with Gasteiger partial charge >= 0.3 is 0 Å². The molecule has 3 rings (SSSR count). The Morgan fingerprint density at radius 3 is 1.71 bits per heavy atom. The molecule has 2 aromatic carbocycles. The molecule has 2 aromatic rings. The van der Waals surface area contributed by atoms with Gasteiger partial charge in [0, 0.05) is 0 Å². The third kappa shape index (κ3) is 6.16. The summed E-state index contributed by atoms with van der Waals surface area (Å²) in [5, 5.41) is 0. The molecule has 1 aliphatic rings. The van der Waals surface area contributed by atoms with Gasteiger partial charge in [0.05, 0.1) is 0 Å². The Bertz CT molecular complexity index is 448. The quantitative estimate of drug-likeness (QED) is 0.628. The van der Waals surface area contributed by atoms with E-state index in [9.17, 15) is 0 Å². The molecule has 0 aromatic heterocycles. The summed E-state index contributed by atoms with van der Waals surface area (Å²) in [6.07, 6.45) is 7.06. The normalized spacial score (nSPS) is 21.2. The van der Waals surface area contributed by atoms with Gasteiger partial charge in [0.15, 0.2) is 0 Å². The largest absolute Gasteiger partial charge is 0.0625 e. The van der Waals surface area contributed by atoms with Gasteiger partial charge in [-0.3, -0.25) is 0 Å². The van der Waals surface area contributed by atoms with E-state index >= 15 is 0 Å². The topological polar surface area (TPSA) is 0 Å². The number of rotatable bonds is 2. The van der Waals surface area contributed by atoms with Crippen LogP contribution in [0.25, 0.3) is 0 Å². The predicted octanol–water partition coefficient (Wildman–Crippen LogP) is 6.05. The summed E-state index contributed by atoms with van der Waals surface area (Å²) >= 11 is 0. The summed E-state index contributed by atoms with van der Waals surface area (Å²) in [6.45, 7) is 4.55. The van der Waals surface area contributed by atoms with Crippen LogP contribution >= 0.6 is 0 Å². The van der Waals surface area contributed by atoms with Crippen molar-refractivity contribution in [3.05, 3.63) is 71.8 Å². The van der Waals surface area contributed by atoms with Crippen molar-refractivity contribution >= 4 is 0 Å². The van der Waals surface area contributed by atoms with Gasteiger partial charge in [0.25, 0.3) is 0 Å². The van der Waals surface area contributed by atoms with Crippen molar-refractivity contribution in [2.75, 3.05) is 0 Å². The Hall–Kier alpha value is -1.56. The van der Waals surface area contributed by atoms with Crippen molar-refractivity contribution in [1.29, 1.82) is 0 Å². The molecule has 1 aliphatic carbocycles. The summed E-state index contributed by atoms with van der Waals surface area (Å²) in [5.41, 5.74) is 2.90. The van der Waals surface area contributed by atoms with Crippen molar-refractivity contribution in [2.24, 2.45) is 11.8 Å². The lowest BCUT2D eigenvalue weighted by atomic mass is 9.80. The molecule has 0 radical (unpaired) electrons. The van der Waals surface area contributed by atoms with Crippen molar-refractivity contribution < 1.29 is 0 Å². The molecule has 0 heteroatoms. The molecule has 1 saturated carbocycles. The van der Waals surface area contributed by atoms with E-state index in [1.165, 1.54) is 43.2 Å². The second-order valence-corrected chi connectivity index (χ2v) is 6.47. The fourth-order valence-electron chi connectivity index (χ4n) is 2.98. The Labute approximate surface area is 130 Å². The van der Waals surface area contributed by atoms with E-state index in [0.717, 1.165) is 11.8 Å². The summed E-state index contributed by atoms with van der Waals surface area (Å²) in [7, 11) is 0. The number of aryl methyl sites for hydroxylation is 1. The smallest absolute Gasteiger partial charge is 0.0250 e. The van der Waals surface area contributed by atoms with E-state index in [0.29, 0.717) is 0 Å². The van der Waals surface area contributed by atoms with E-state index < -0.39 is 0 Å². The van der Waals surface area contributed by atoms with Gasteiger partial charge in [-0.2, -0.15) is 0 Å². The standard InChI is InChI=1S/C15H22.C6H6/c1-12-3-7-14(8-4-12)11-15-9-5-13(2)6-10-15;1-2-4-6-5-3-1/h3-4,7-8,13,15H,5-6,9-11H2,1-2H3;1-6H. The maximum Gasteiger partial charge on any atom is -0.0250 e. The highest BCUT2D eigenvalue weighted by molar-refractivity contribution is 5.21. The van der Waals surface area contributed by atoms with Gasteiger partial charge in [0.2, 0.25) is 0 Å². The monoisotopic (exact) mass is 280 g/mol. The van der Waals surface area contributed by atoms with Crippen LogP contribution in [0.15, 0.2) is 60.7 Å². The van der Waals surface area contributed by atoms with Gasteiger partial charge in [0.1, 0.15) is 0 Å². The van der Waals surface area contributed by atoms with Crippen LogP contribution in [0, 0.1) is 18.8 Å². The van der Waals surface area contributed by atoms with Gasteiger partial charge in [-0.15, -0.1) is 0 Å². The summed E-state index contributed by atoms with van der Waals surface area (Å²) in [4.78, 5) is 0. The SMILES string of the molecule is Cc1ccc(CC2CCC(C)CC2)cc1.c1ccccc1. The fourth-order valence-corrected chi connectivity index (χ4v) is 2.98. The van der Waals surface area contributed by atoms with Crippen LogP contribution < -0.4 is 0 Å². The Kier molecular flexibility index (Phi) is 6.53. The molecule has 0 bridgehead atoms. The summed E-state index contributed by atoms with van der Waals surface area (Å²) in [5.74, 6) is 1.92. The minimum atomic E-state index is 0.948. The molecule has 112 valence electrons. The molecule has 0 spiro atoms. The molecule has 21 heavy (non-hydrogen) atoms. The first-order chi connectivity index (χ1) is 10.2. The van der Waals surface area contributed by atoms with E-state index in [1.807, 2.05) is 36.4 Å². The predicted molar refractivity (Wildman–Crippen MR) is 92.4 cm³/mol. The molecule has 1 fully saturated rings. The molecule has 0 atom stereocenters.